The SMILES string of the molecule is COC(OC)(OC(c1ccccc1)(c1ccccc1)c1ccccc1)C1CCCN1N. The summed E-state index contributed by atoms with van der Waals surface area (Å²) in [5, 5.41) is 1.76. The van der Waals surface area contributed by atoms with E-state index in [1.165, 1.54) is 0 Å². The molecule has 0 aliphatic carbocycles. The maximum Gasteiger partial charge on any atom is 0.301 e. The summed E-state index contributed by atoms with van der Waals surface area (Å²) in [6.07, 6.45) is 1.76. The fourth-order valence-corrected chi connectivity index (χ4v) is 4.58. The molecule has 0 spiro atoms. The van der Waals surface area contributed by atoms with E-state index >= 15 is 0 Å². The Morgan fingerprint density at radius 3 is 1.48 bits per heavy atom. The van der Waals surface area contributed by atoms with Gasteiger partial charge in [0, 0.05) is 20.8 Å². The molecular weight excluding hydrogens is 388 g/mol. The fourth-order valence-electron chi connectivity index (χ4n) is 4.58. The molecule has 1 aliphatic heterocycles. The lowest BCUT2D eigenvalue weighted by Gasteiger charge is -2.46. The van der Waals surface area contributed by atoms with Crippen LogP contribution in [0.4, 0.5) is 0 Å². The number of hydrogen-bond donors (Lipinski definition) is 1. The minimum absolute atomic E-state index is 0.252. The van der Waals surface area contributed by atoms with E-state index in [4.69, 9.17) is 20.1 Å². The fraction of sp³-hybridized carbons (Fsp3) is 0.308. The summed E-state index contributed by atoms with van der Waals surface area (Å²) in [6, 6.07) is 30.3. The van der Waals surface area contributed by atoms with Crippen LogP contribution in [0.15, 0.2) is 91.0 Å². The monoisotopic (exact) mass is 418 g/mol. The maximum atomic E-state index is 7.07. The van der Waals surface area contributed by atoms with Crippen molar-refractivity contribution < 1.29 is 14.2 Å². The van der Waals surface area contributed by atoms with E-state index in [1.54, 1.807) is 19.2 Å². The molecule has 1 heterocycles. The normalized spacial score (nSPS) is 17.7. The van der Waals surface area contributed by atoms with Crippen molar-refractivity contribution in [2.24, 2.45) is 5.84 Å². The van der Waals surface area contributed by atoms with E-state index in [9.17, 15) is 0 Å². The first-order valence-electron chi connectivity index (χ1n) is 10.6. The average molecular weight is 419 g/mol. The maximum absolute atomic E-state index is 7.07. The summed E-state index contributed by atoms with van der Waals surface area (Å²) < 4.78 is 19.1. The molecule has 4 rings (SSSR count). The molecule has 31 heavy (non-hydrogen) atoms. The van der Waals surface area contributed by atoms with E-state index in [2.05, 4.69) is 36.4 Å². The summed E-state index contributed by atoms with van der Waals surface area (Å²) in [7, 11) is 3.22. The van der Waals surface area contributed by atoms with Gasteiger partial charge in [-0.05, 0) is 29.5 Å². The molecule has 5 nitrogen and oxygen atoms in total. The number of rotatable bonds is 8. The lowest BCUT2D eigenvalue weighted by molar-refractivity contribution is -0.407. The predicted octanol–water partition coefficient (Wildman–Crippen LogP) is 4.28. The van der Waals surface area contributed by atoms with Crippen LogP contribution in [0.3, 0.4) is 0 Å². The number of ether oxygens (including phenoxy) is 3. The van der Waals surface area contributed by atoms with Crippen LogP contribution in [0.2, 0.25) is 0 Å². The molecule has 3 aromatic rings. The molecule has 3 aromatic carbocycles. The third kappa shape index (κ3) is 3.91. The molecule has 5 heteroatoms. The molecule has 0 bridgehead atoms. The van der Waals surface area contributed by atoms with Crippen LogP contribution in [0.25, 0.3) is 0 Å². The molecule has 1 atom stereocenters. The van der Waals surface area contributed by atoms with Crippen molar-refractivity contribution >= 4 is 0 Å². The Labute approximate surface area is 184 Å². The number of benzene rings is 3. The van der Waals surface area contributed by atoms with Crippen molar-refractivity contribution in [3.05, 3.63) is 108 Å². The van der Waals surface area contributed by atoms with Crippen molar-refractivity contribution in [2.45, 2.75) is 30.5 Å². The quantitative estimate of drug-likeness (QED) is 0.336. The number of hydrogen-bond acceptors (Lipinski definition) is 5. The summed E-state index contributed by atoms with van der Waals surface area (Å²) in [4.78, 5) is 0. The van der Waals surface area contributed by atoms with Crippen molar-refractivity contribution in [1.29, 1.82) is 0 Å². The highest BCUT2D eigenvalue weighted by Gasteiger charge is 2.53. The Bertz CT molecular complexity index is 849. The van der Waals surface area contributed by atoms with Gasteiger partial charge in [0.2, 0.25) is 0 Å². The van der Waals surface area contributed by atoms with Crippen molar-refractivity contribution in [3.8, 4) is 0 Å². The highest BCUT2D eigenvalue weighted by molar-refractivity contribution is 5.47. The molecule has 0 aromatic heterocycles. The van der Waals surface area contributed by atoms with Gasteiger partial charge in [0.15, 0.2) is 0 Å². The van der Waals surface area contributed by atoms with Gasteiger partial charge in [0.1, 0.15) is 11.6 Å². The van der Waals surface area contributed by atoms with Crippen molar-refractivity contribution in [1.82, 2.24) is 5.01 Å². The van der Waals surface area contributed by atoms with Crippen LogP contribution >= 0.6 is 0 Å². The van der Waals surface area contributed by atoms with Crippen LogP contribution < -0.4 is 5.84 Å². The second-order valence-corrected chi connectivity index (χ2v) is 7.79. The molecule has 2 N–H and O–H groups in total. The Hall–Kier alpha value is -2.54. The zero-order valence-corrected chi connectivity index (χ0v) is 18.1. The standard InChI is InChI=1S/C26H30N2O3/c1-29-26(30-2,24-19-12-20-28(24)27)31-25(21-13-6-3-7-14-21,22-15-8-4-9-16-22)23-17-10-5-11-18-23/h3-11,13-18,24H,12,19-20,27H2,1-2H3. The number of methoxy groups -OCH3 is 2. The highest BCUT2D eigenvalue weighted by atomic mass is 16.9. The Balaban J connectivity index is 1.98. The first kappa shape index (κ1) is 21.7. The minimum Gasteiger partial charge on any atom is -0.329 e. The van der Waals surface area contributed by atoms with E-state index in [-0.39, 0.29) is 6.04 Å². The predicted molar refractivity (Wildman–Crippen MR) is 121 cm³/mol. The molecule has 1 fully saturated rings. The lowest BCUT2D eigenvalue weighted by Crippen LogP contribution is -2.59. The third-order valence-corrected chi connectivity index (χ3v) is 6.11. The van der Waals surface area contributed by atoms with E-state index in [1.807, 2.05) is 54.6 Å². The van der Waals surface area contributed by atoms with Crippen molar-refractivity contribution in [2.75, 3.05) is 20.8 Å². The smallest absolute Gasteiger partial charge is 0.301 e. The molecule has 1 aliphatic rings. The van der Waals surface area contributed by atoms with Gasteiger partial charge < -0.3 is 14.2 Å². The lowest BCUT2D eigenvalue weighted by atomic mass is 9.80. The Morgan fingerprint density at radius 1 is 0.742 bits per heavy atom. The molecule has 162 valence electrons. The summed E-state index contributed by atoms with van der Waals surface area (Å²) in [6.45, 7) is 0.761. The van der Waals surface area contributed by atoms with Crippen LogP contribution in [-0.2, 0) is 19.8 Å². The van der Waals surface area contributed by atoms with Crippen LogP contribution in [0, 0.1) is 0 Å². The van der Waals surface area contributed by atoms with Gasteiger partial charge in [0.05, 0.1) is 0 Å². The summed E-state index contributed by atoms with van der Waals surface area (Å²) in [5.74, 6) is 4.98. The zero-order chi connectivity index (χ0) is 21.7. The molecule has 0 amide bonds. The molecule has 0 radical (unpaired) electrons. The van der Waals surface area contributed by atoms with Crippen LogP contribution in [0.5, 0.6) is 0 Å². The van der Waals surface area contributed by atoms with Gasteiger partial charge in [-0.25, -0.2) is 5.01 Å². The van der Waals surface area contributed by atoms with Crippen LogP contribution in [-0.4, -0.2) is 37.8 Å². The Kier molecular flexibility index (Phi) is 6.51. The largest absolute Gasteiger partial charge is 0.329 e. The second kappa shape index (κ2) is 9.30. The number of nitrogens with two attached hydrogens (primary N) is 1. The Morgan fingerprint density at radius 2 is 1.16 bits per heavy atom. The number of hydrazine groups is 1. The topological polar surface area (TPSA) is 57.0 Å². The summed E-state index contributed by atoms with van der Waals surface area (Å²) >= 11 is 0. The zero-order valence-electron chi connectivity index (χ0n) is 18.1. The molecule has 0 saturated carbocycles. The van der Waals surface area contributed by atoms with E-state index < -0.39 is 11.6 Å². The van der Waals surface area contributed by atoms with Gasteiger partial charge >= 0.3 is 5.97 Å². The van der Waals surface area contributed by atoms with Crippen LogP contribution in [0.1, 0.15) is 29.5 Å². The summed E-state index contributed by atoms with van der Waals surface area (Å²) in [5.41, 5.74) is 1.96. The van der Waals surface area contributed by atoms with Gasteiger partial charge in [-0.3, -0.25) is 5.84 Å². The first-order chi connectivity index (χ1) is 15.2. The van der Waals surface area contributed by atoms with Crippen molar-refractivity contribution in [3.63, 3.8) is 0 Å². The van der Waals surface area contributed by atoms with E-state index in [0.29, 0.717) is 0 Å². The molecule has 1 saturated heterocycles. The van der Waals surface area contributed by atoms with Gasteiger partial charge in [-0.2, -0.15) is 0 Å². The minimum atomic E-state index is -1.37. The third-order valence-electron chi connectivity index (χ3n) is 6.11. The highest BCUT2D eigenvalue weighted by Crippen LogP contribution is 2.45. The van der Waals surface area contributed by atoms with Gasteiger partial charge in [-0.1, -0.05) is 91.0 Å². The first-order valence-corrected chi connectivity index (χ1v) is 10.6. The number of nitrogens with zero attached hydrogens (tertiary/aromatic N) is 1. The van der Waals surface area contributed by atoms with Gasteiger partial charge in [0.25, 0.3) is 0 Å². The molecule has 1 unspecified atom stereocenters. The average Bonchev–Trinajstić information content (AvgIpc) is 3.29. The molecular formula is C26H30N2O3. The van der Waals surface area contributed by atoms with E-state index in [0.717, 1.165) is 36.1 Å². The van der Waals surface area contributed by atoms with Gasteiger partial charge in [-0.15, -0.1) is 0 Å². The second-order valence-electron chi connectivity index (χ2n) is 7.79.